The summed E-state index contributed by atoms with van der Waals surface area (Å²) >= 11 is 15.2. The number of nitrogen functional groups attached to an aromatic ring is 2. The third-order valence-electron chi connectivity index (χ3n) is 2.36. The molecule has 0 aliphatic rings. The van der Waals surface area contributed by atoms with Crippen LogP contribution in [0.3, 0.4) is 0 Å². The molecule has 0 fully saturated rings. The zero-order valence-corrected chi connectivity index (χ0v) is 12.2. The molecule has 1 aromatic carbocycles. The second kappa shape index (κ2) is 5.30. The van der Waals surface area contributed by atoms with Crippen molar-refractivity contribution in [3.8, 4) is 11.1 Å². The van der Waals surface area contributed by atoms with Crippen molar-refractivity contribution in [3.05, 3.63) is 33.9 Å². The molecular weight excluding hydrogens is 339 g/mol. The highest BCUT2D eigenvalue weighted by Gasteiger charge is 2.13. The molecule has 0 amide bonds. The van der Waals surface area contributed by atoms with E-state index in [0.717, 1.165) is 5.56 Å². The molecule has 0 bridgehead atoms. The van der Waals surface area contributed by atoms with Crippen LogP contribution in [0.25, 0.3) is 11.1 Å². The lowest BCUT2D eigenvalue weighted by atomic mass is 10.1. The van der Waals surface area contributed by atoms with Gasteiger partial charge in [-0.25, -0.2) is 4.98 Å². The second-order valence-electron chi connectivity index (χ2n) is 3.55. The maximum atomic E-state index is 5.99. The predicted octanol–water partition coefficient (Wildman–Crippen LogP) is 3.51. The summed E-state index contributed by atoms with van der Waals surface area (Å²) in [6.07, 6.45) is 0. The molecule has 0 saturated heterocycles. The number of nitrogens with zero attached hydrogens (tertiary/aromatic N) is 2. The Hall–Kier alpha value is -1.04. The van der Waals surface area contributed by atoms with Crippen LogP contribution in [0.4, 0.5) is 11.8 Å². The maximum Gasteiger partial charge on any atom is 0.222 e. The topological polar surface area (TPSA) is 77.8 Å². The van der Waals surface area contributed by atoms with E-state index in [9.17, 15) is 0 Å². The molecule has 7 heteroatoms. The summed E-state index contributed by atoms with van der Waals surface area (Å²) in [5.41, 5.74) is 13.7. The van der Waals surface area contributed by atoms with Gasteiger partial charge in [0, 0.05) is 10.9 Å². The molecule has 4 nitrogen and oxygen atoms in total. The minimum atomic E-state index is 0.144. The summed E-state index contributed by atoms with van der Waals surface area (Å²) in [5.74, 6) is 0.459. The van der Waals surface area contributed by atoms with Crippen LogP contribution < -0.4 is 11.5 Å². The predicted molar refractivity (Wildman–Crippen MR) is 78.9 cm³/mol. The van der Waals surface area contributed by atoms with Gasteiger partial charge in [-0.2, -0.15) is 4.98 Å². The number of rotatable bonds is 2. The minimum absolute atomic E-state index is 0.144. The van der Waals surface area contributed by atoms with Crippen LogP contribution in [-0.4, -0.2) is 9.97 Å². The van der Waals surface area contributed by atoms with Gasteiger partial charge < -0.3 is 11.5 Å². The number of hydrogen-bond donors (Lipinski definition) is 2. The van der Waals surface area contributed by atoms with Crippen molar-refractivity contribution in [1.82, 2.24) is 9.97 Å². The fourth-order valence-corrected chi connectivity index (χ4v) is 2.31. The van der Waals surface area contributed by atoms with Crippen LogP contribution in [0, 0.1) is 0 Å². The molecule has 0 aliphatic carbocycles. The zero-order chi connectivity index (χ0) is 13.3. The third-order valence-corrected chi connectivity index (χ3v) is 3.63. The molecule has 0 radical (unpaired) electrons. The van der Waals surface area contributed by atoms with Crippen LogP contribution in [0.15, 0.2) is 18.2 Å². The van der Waals surface area contributed by atoms with Crippen molar-refractivity contribution in [3.63, 3.8) is 0 Å². The minimum Gasteiger partial charge on any atom is -0.383 e. The van der Waals surface area contributed by atoms with E-state index in [1.807, 2.05) is 6.07 Å². The van der Waals surface area contributed by atoms with Gasteiger partial charge in [0.2, 0.25) is 5.95 Å². The lowest BCUT2D eigenvalue weighted by molar-refractivity contribution is 1.12. The molecule has 94 valence electrons. The van der Waals surface area contributed by atoms with Crippen LogP contribution in [0.5, 0.6) is 0 Å². The fourth-order valence-electron chi connectivity index (χ4n) is 1.61. The highest BCUT2D eigenvalue weighted by molar-refractivity contribution is 9.08. The van der Waals surface area contributed by atoms with E-state index in [4.69, 9.17) is 34.7 Å². The van der Waals surface area contributed by atoms with Crippen molar-refractivity contribution < 1.29 is 0 Å². The van der Waals surface area contributed by atoms with Crippen LogP contribution in [0.2, 0.25) is 10.0 Å². The van der Waals surface area contributed by atoms with Gasteiger partial charge in [-0.1, -0.05) is 45.2 Å². The molecule has 2 rings (SSSR count). The van der Waals surface area contributed by atoms with Crippen LogP contribution in [-0.2, 0) is 5.33 Å². The average Bonchev–Trinajstić information content (AvgIpc) is 2.32. The first-order valence-electron chi connectivity index (χ1n) is 4.96. The van der Waals surface area contributed by atoms with Crippen molar-refractivity contribution in [2.75, 3.05) is 11.5 Å². The molecule has 0 aliphatic heterocycles. The van der Waals surface area contributed by atoms with Gasteiger partial charge in [0.1, 0.15) is 5.82 Å². The number of aromatic nitrogens is 2. The van der Waals surface area contributed by atoms with Gasteiger partial charge in [-0.05, 0) is 17.7 Å². The van der Waals surface area contributed by atoms with Crippen molar-refractivity contribution in [2.24, 2.45) is 0 Å². The van der Waals surface area contributed by atoms with Gasteiger partial charge in [0.05, 0.1) is 15.7 Å². The first-order valence-corrected chi connectivity index (χ1v) is 6.84. The van der Waals surface area contributed by atoms with Crippen molar-refractivity contribution in [2.45, 2.75) is 5.33 Å². The highest BCUT2D eigenvalue weighted by Crippen LogP contribution is 2.33. The molecule has 18 heavy (non-hydrogen) atoms. The lowest BCUT2D eigenvalue weighted by Gasteiger charge is -2.11. The SMILES string of the molecule is Nc1nc(N)c(-c2ccc(Cl)c(Cl)c2)c(CBr)n1. The van der Waals surface area contributed by atoms with E-state index < -0.39 is 0 Å². The average molecular weight is 348 g/mol. The highest BCUT2D eigenvalue weighted by atomic mass is 79.9. The van der Waals surface area contributed by atoms with E-state index in [-0.39, 0.29) is 5.95 Å². The van der Waals surface area contributed by atoms with Gasteiger partial charge >= 0.3 is 0 Å². The third kappa shape index (κ3) is 2.53. The van der Waals surface area contributed by atoms with Crippen molar-refractivity contribution >= 4 is 50.9 Å². The monoisotopic (exact) mass is 346 g/mol. The van der Waals surface area contributed by atoms with E-state index in [0.29, 0.717) is 32.5 Å². The van der Waals surface area contributed by atoms with E-state index in [1.54, 1.807) is 12.1 Å². The number of benzene rings is 1. The fraction of sp³-hybridized carbons (Fsp3) is 0.0909. The standard InChI is InChI=1S/C11H9BrCl2N4/c12-4-8-9(10(15)18-11(16)17-8)5-1-2-6(13)7(14)3-5/h1-3H,4H2,(H4,15,16,17,18). The zero-order valence-electron chi connectivity index (χ0n) is 9.12. The van der Waals surface area contributed by atoms with Crippen LogP contribution in [0.1, 0.15) is 5.69 Å². The van der Waals surface area contributed by atoms with E-state index >= 15 is 0 Å². The molecule has 4 N–H and O–H groups in total. The number of hydrogen-bond acceptors (Lipinski definition) is 4. The first-order chi connectivity index (χ1) is 8.52. The largest absolute Gasteiger partial charge is 0.383 e. The first kappa shape index (κ1) is 13.4. The Labute approximate surface area is 122 Å². The number of nitrogens with two attached hydrogens (primary N) is 2. The normalized spacial score (nSPS) is 10.6. The van der Waals surface area contributed by atoms with Crippen LogP contribution >= 0.6 is 39.1 Å². The summed E-state index contributed by atoms with van der Waals surface area (Å²) in [5, 5.41) is 1.45. The van der Waals surface area contributed by atoms with Gasteiger partial charge in [-0.3, -0.25) is 0 Å². The summed E-state index contributed by atoms with van der Waals surface area (Å²) < 4.78 is 0. The molecule has 0 spiro atoms. The maximum absolute atomic E-state index is 5.99. The number of alkyl halides is 1. The van der Waals surface area contributed by atoms with Gasteiger partial charge in [0.15, 0.2) is 0 Å². The van der Waals surface area contributed by atoms with E-state index in [2.05, 4.69) is 25.9 Å². The number of anilines is 2. The Kier molecular flexibility index (Phi) is 3.94. The lowest BCUT2D eigenvalue weighted by Crippen LogP contribution is -2.05. The molecule has 2 aromatic rings. The van der Waals surface area contributed by atoms with Gasteiger partial charge in [0.25, 0.3) is 0 Å². The Morgan fingerprint density at radius 3 is 2.44 bits per heavy atom. The second-order valence-corrected chi connectivity index (χ2v) is 4.93. The summed E-state index contributed by atoms with van der Waals surface area (Å²) in [6.45, 7) is 0. The Bertz CT molecular complexity index is 604. The van der Waals surface area contributed by atoms with Gasteiger partial charge in [-0.15, -0.1) is 0 Å². The molecular formula is C11H9BrCl2N4. The molecule has 0 atom stereocenters. The number of halogens is 3. The summed E-state index contributed by atoms with van der Waals surface area (Å²) in [4.78, 5) is 8.10. The van der Waals surface area contributed by atoms with Crippen molar-refractivity contribution in [1.29, 1.82) is 0 Å². The molecule has 1 aromatic heterocycles. The summed E-state index contributed by atoms with van der Waals surface area (Å²) in [7, 11) is 0. The molecule has 1 heterocycles. The molecule has 0 saturated carbocycles. The Morgan fingerprint density at radius 2 is 1.83 bits per heavy atom. The summed E-state index contributed by atoms with van der Waals surface area (Å²) in [6, 6.07) is 5.24. The smallest absolute Gasteiger partial charge is 0.222 e. The molecule has 0 unspecified atom stereocenters. The quantitative estimate of drug-likeness (QED) is 0.815. The Balaban J connectivity index is 2.66. The Morgan fingerprint density at radius 1 is 1.11 bits per heavy atom. The van der Waals surface area contributed by atoms with E-state index in [1.165, 1.54) is 0 Å².